The van der Waals surface area contributed by atoms with E-state index in [9.17, 15) is 22.4 Å². The summed E-state index contributed by atoms with van der Waals surface area (Å²) in [5.74, 6) is -1.29. The number of carbonyl (C=O) groups is 1. The summed E-state index contributed by atoms with van der Waals surface area (Å²) in [6.07, 6.45) is -1.35. The number of hydrogen-bond acceptors (Lipinski definition) is 2. The number of aryl methyl sites for hydroxylation is 1. The van der Waals surface area contributed by atoms with E-state index >= 15 is 0 Å². The molecule has 0 N–H and O–H groups in total. The molecule has 0 aliphatic heterocycles. The minimum atomic E-state index is -2.92. The van der Waals surface area contributed by atoms with E-state index in [1.54, 1.807) is 0 Å². The Balaban J connectivity index is 2.21. The van der Waals surface area contributed by atoms with Gasteiger partial charge in [-0.3, -0.25) is 14.4 Å². The molecule has 1 heterocycles. The number of nitrogens with zero attached hydrogens (tertiary/aromatic N) is 3. The van der Waals surface area contributed by atoms with Crippen molar-refractivity contribution >= 4 is 29.4 Å². The van der Waals surface area contributed by atoms with Crippen LogP contribution in [0.5, 0.6) is 0 Å². The lowest BCUT2D eigenvalue weighted by molar-refractivity contribution is -0.106. The molecule has 0 atom stereocenters. The lowest BCUT2D eigenvalue weighted by Gasteiger charge is -2.21. The van der Waals surface area contributed by atoms with Crippen LogP contribution in [-0.2, 0) is 11.8 Å². The average molecular weight is 398 g/mol. The van der Waals surface area contributed by atoms with Gasteiger partial charge in [0.1, 0.15) is 11.6 Å². The Bertz CT molecular complexity index is 1010. The lowest BCUT2D eigenvalue weighted by atomic mass is 10.0. The van der Waals surface area contributed by atoms with Crippen LogP contribution >= 0.6 is 11.6 Å². The summed E-state index contributed by atoms with van der Waals surface area (Å²) in [6.45, 7) is 0. The third kappa shape index (κ3) is 3.66. The van der Waals surface area contributed by atoms with Crippen molar-refractivity contribution in [2.75, 3.05) is 4.90 Å². The van der Waals surface area contributed by atoms with E-state index in [1.807, 2.05) is 0 Å². The van der Waals surface area contributed by atoms with E-state index in [1.165, 1.54) is 31.4 Å². The molecule has 3 aromatic rings. The van der Waals surface area contributed by atoms with Gasteiger partial charge in [-0.25, -0.2) is 17.6 Å². The van der Waals surface area contributed by atoms with Crippen molar-refractivity contribution in [3.63, 3.8) is 0 Å². The van der Waals surface area contributed by atoms with E-state index < -0.39 is 23.8 Å². The first-order chi connectivity index (χ1) is 12.8. The molecule has 3 rings (SSSR count). The van der Waals surface area contributed by atoms with Gasteiger partial charge in [0.05, 0.1) is 16.4 Å². The highest BCUT2D eigenvalue weighted by Gasteiger charge is 2.25. The summed E-state index contributed by atoms with van der Waals surface area (Å²) in [5.41, 5.74) is -0.150. The Kier molecular flexibility index (Phi) is 5.18. The van der Waals surface area contributed by atoms with Crippen molar-refractivity contribution < 1.29 is 22.4 Å². The fraction of sp³-hybridized carbons (Fsp3) is 0.111. The summed E-state index contributed by atoms with van der Waals surface area (Å²) in [6, 6.07) is 7.15. The van der Waals surface area contributed by atoms with Gasteiger partial charge >= 0.3 is 0 Å². The molecule has 140 valence electrons. The molecule has 0 bridgehead atoms. The van der Waals surface area contributed by atoms with Crippen LogP contribution in [0.1, 0.15) is 12.1 Å². The third-order valence-electron chi connectivity index (χ3n) is 3.86. The first kappa shape index (κ1) is 18.9. The second kappa shape index (κ2) is 7.40. The number of aromatic nitrogens is 2. The summed E-state index contributed by atoms with van der Waals surface area (Å²) >= 11 is 5.79. The summed E-state index contributed by atoms with van der Waals surface area (Å²) < 4.78 is 55.1. The molecule has 1 aromatic heterocycles. The number of benzene rings is 2. The highest BCUT2D eigenvalue weighted by atomic mass is 35.5. The van der Waals surface area contributed by atoms with Gasteiger partial charge in [0.15, 0.2) is 5.69 Å². The SMILES string of the molecule is Cn1cc(N(C=O)c2ccc(F)cc2-c2ccc(F)c(Cl)c2)c(C(F)F)n1. The molecule has 2 aromatic carbocycles. The van der Waals surface area contributed by atoms with E-state index in [2.05, 4.69) is 5.10 Å². The van der Waals surface area contributed by atoms with E-state index in [0.29, 0.717) is 12.0 Å². The minimum Gasteiger partial charge on any atom is -0.279 e. The number of amides is 1. The van der Waals surface area contributed by atoms with Gasteiger partial charge in [-0.15, -0.1) is 0 Å². The van der Waals surface area contributed by atoms with Gasteiger partial charge in [0, 0.05) is 18.8 Å². The first-order valence-electron chi connectivity index (χ1n) is 7.63. The zero-order valence-electron chi connectivity index (χ0n) is 13.8. The van der Waals surface area contributed by atoms with Crippen molar-refractivity contribution in [1.29, 1.82) is 0 Å². The quantitative estimate of drug-likeness (QED) is 0.435. The molecular weight excluding hydrogens is 386 g/mol. The normalized spacial score (nSPS) is 11.1. The van der Waals surface area contributed by atoms with Crippen LogP contribution in [0.15, 0.2) is 42.6 Å². The number of rotatable bonds is 5. The zero-order chi connectivity index (χ0) is 19.7. The van der Waals surface area contributed by atoms with Crippen molar-refractivity contribution in [2.45, 2.75) is 6.43 Å². The van der Waals surface area contributed by atoms with E-state index in [0.717, 1.165) is 27.8 Å². The lowest BCUT2D eigenvalue weighted by Crippen LogP contribution is -2.16. The summed E-state index contributed by atoms with van der Waals surface area (Å²) in [5, 5.41) is 3.47. The molecule has 0 aliphatic carbocycles. The number of halogens is 5. The van der Waals surface area contributed by atoms with Gasteiger partial charge in [-0.05, 0) is 35.9 Å². The zero-order valence-corrected chi connectivity index (χ0v) is 14.6. The monoisotopic (exact) mass is 397 g/mol. The molecule has 4 nitrogen and oxygen atoms in total. The average Bonchev–Trinajstić information content (AvgIpc) is 3.01. The van der Waals surface area contributed by atoms with Gasteiger partial charge in [-0.1, -0.05) is 17.7 Å². The third-order valence-corrected chi connectivity index (χ3v) is 4.15. The largest absolute Gasteiger partial charge is 0.284 e. The van der Waals surface area contributed by atoms with Gasteiger partial charge in [0.2, 0.25) is 6.41 Å². The highest BCUT2D eigenvalue weighted by Crippen LogP contribution is 2.39. The maximum Gasteiger partial charge on any atom is 0.284 e. The molecule has 0 radical (unpaired) electrons. The molecule has 0 saturated carbocycles. The molecule has 27 heavy (non-hydrogen) atoms. The standard InChI is InChI=1S/C18H12ClF4N3O/c1-25-8-16(17(24-25)18(22)23)26(9-27)15-5-3-11(20)7-12(15)10-2-4-14(21)13(19)6-10/h2-9,18H,1H3. The number of alkyl halides is 2. The van der Waals surface area contributed by atoms with Crippen molar-refractivity contribution in [3.8, 4) is 11.1 Å². The van der Waals surface area contributed by atoms with E-state index in [4.69, 9.17) is 11.6 Å². The molecule has 0 spiro atoms. The molecule has 0 aliphatic rings. The predicted molar refractivity (Wildman–Crippen MR) is 93.2 cm³/mol. The second-order valence-corrected chi connectivity index (χ2v) is 6.05. The Hall–Kier alpha value is -2.87. The highest BCUT2D eigenvalue weighted by molar-refractivity contribution is 6.31. The van der Waals surface area contributed by atoms with Crippen LogP contribution in [0, 0.1) is 11.6 Å². The van der Waals surface area contributed by atoms with Gasteiger partial charge in [0.25, 0.3) is 6.43 Å². The fourth-order valence-corrected chi connectivity index (χ4v) is 2.87. The maximum absolute atomic E-state index is 13.8. The first-order valence-corrected chi connectivity index (χ1v) is 8.00. The van der Waals surface area contributed by atoms with E-state index in [-0.39, 0.29) is 22.0 Å². The van der Waals surface area contributed by atoms with Crippen molar-refractivity contribution in [3.05, 3.63) is 64.9 Å². The van der Waals surface area contributed by atoms with Crippen LogP contribution in [0.4, 0.5) is 28.9 Å². The molecule has 0 fully saturated rings. The van der Waals surface area contributed by atoms with Crippen LogP contribution in [-0.4, -0.2) is 16.2 Å². The van der Waals surface area contributed by atoms with Crippen LogP contribution in [0.3, 0.4) is 0 Å². The minimum absolute atomic E-state index is 0.115. The second-order valence-electron chi connectivity index (χ2n) is 5.64. The molecule has 0 saturated heterocycles. The Morgan fingerprint density at radius 3 is 2.52 bits per heavy atom. The van der Waals surface area contributed by atoms with Gasteiger partial charge in [-0.2, -0.15) is 5.10 Å². The predicted octanol–water partition coefficient (Wildman–Crippen LogP) is 5.25. The van der Waals surface area contributed by atoms with Crippen molar-refractivity contribution in [2.24, 2.45) is 7.05 Å². The Labute approximate surface area is 156 Å². The molecule has 0 unspecified atom stereocenters. The topological polar surface area (TPSA) is 38.1 Å². The Morgan fingerprint density at radius 1 is 1.15 bits per heavy atom. The maximum atomic E-state index is 13.8. The molecule has 9 heteroatoms. The van der Waals surface area contributed by atoms with Crippen molar-refractivity contribution in [1.82, 2.24) is 9.78 Å². The van der Waals surface area contributed by atoms with Gasteiger partial charge < -0.3 is 0 Å². The number of hydrogen-bond donors (Lipinski definition) is 0. The molecular formula is C18H12ClF4N3O. The smallest absolute Gasteiger partial charge is 0.279 e. The summed E-state index contributed by atoms with van der Waals surface area (Å²) in [4.78, 5) is 12.7. The number of carbonyl (C=O) groups excluding carboxylic acids is 1. The summed E-state index contributed by atoms with van der Waals surface area (Å²) in [7, 11) is 1.43. The number of anilines is 2. The van der Waals surface area contributed by atoms with Crippen LogP contribution < -0.4 is 4.90 Å². The fourth-order valence-electron chi connectivity index (χ4n) is 2.69. The van der Waals surface area contributed by atoms with Crippen LogP contribution in [0.25, 0.3) is 11.1 Å². The van der Waals surface area contributed by atoms with Crippen LogP contribution in [0.2, 0.25) is 5.02 Å². The molecule has 1 amide bonds. The Morgan fingerprint density at radius 2 is 1.89 bits per heavy atom.